The van der Waals surface area contributed by atoms with Crippen molar-refractivity contribution in [3.05, 3.63) is 5.28 Å². The highest BCUT2D eigenvalue weighted by molar-refractivity contribution is 7.99. The largest absolute Gasteiger partial charge is 0.354 e. The quantitative estimate of drug-likeness (QED) is 0.797. The van der Waals surface area contributed by atoms with Crippen LogP contribution in [0.15, 0.2) is 0 Å². The minimum absolute atomic E-state index is 0.206. The molecule has 7 heteroatoms. The van der Waals surface area contributed by atoms with Crippen LogP contribution in [0, 0.1) is 0 Å². The van der Waals surface area contributed by atoms with Gasteiger partial charge in [0, 0.05) is 18.3 Å². The molecule has 0 aliphatic carbocycles. The highest BCUT2D eigenvalue weighted by Gasteiger charge is 2.05. The second kappa shape index (κ2) is 7.55. The van der Waals surface area contributed by atoms with E-state index in [1.54, 1.807) is 11.8 Å². The van der Waals surface area contributed by atoms with Gasteiger partial charge in [-0.1, -0.05) is 13.8 Å². The lowest BCUT2D eigenvalue weighted by molar-refractivity contribution is 0.923. The fraction of sp³-hybridized carbons (Fsp3) is 0.700. The summed E-state index contributed by atoms with van der Waals surface area (Å²) in [7, 11) is 0. The molecule has 0 fully saturated rings. The van der Waals surface area contributed by atoms with Crippen LogP contribution in [-0.2, 0) is 0 Å². The van der Waals surface area contributed by atoms with Crippen LogP contribution in [0.1, 0.15) is 20.3 Å². The molecule has 1 atom stereocenters. The molecule has 0 spiro atoms. The lowest BCUT2D eigenvalue weighted by Gasteiger charge is -2.10. The molecule has 0 aliphatic rings. The van der Waals surface area contributed by atoms with Crippen LogP contribution in [0.5, 0.6) is 0 Å². The van der Waals surface area contributed by atoms with Gasteiger partial charge in [0.05, 0.1) is 0 Å². The van der Waals surface area contributed by atoms with E-state index in [4.69, 9.17) is 11.6 Å². The van der Waals surface area contributed by atoms with E-state index in [1.165, 1.54) is 0 Å². The standard InChI is InChI=1S/C10H18ClN5S/c1-4-5-12-9-14-8(11)15-10(16-9)13-6-7(2)17-3/h7H,4-6H2,1-3H3,(H2,12,13,14,15,16). The van der Waals surface area contributed by atoms with Gasteiger partial charge in [0.15, 0.2) is 0 Å². The number of nitrogens with one attached hydrogen (secondary N) is 2. The zero-order valence-corrected chi connectivity index (χ0v) is 11.9. The number of anilines is 2. The molecule has 96 valence electrons. The SMILES string of the molecule is CCCNc1nc(Cl)nc(NCC(C)SC)n1. The van der Waals surface area contributed by atoms with Crippen molar-refractivity contribution in [3.63, 3.8) is 0 Å². The second-order valence-corrected chi connectivity index (χ2v) is 5.22. The van der Waals surface area contributed by atoms with Crippen molar-refractivity contribution in [2.75, 3.05) is 30.0 Å². The normalized spacial score (nSPS) is 12.2. The van der Waals surface area contributed by atoms with Gasteiger partial charge in [0.25, 0.3) is 0 Å². The van der Waals surface area contributed by atoms with Gasteiger partial charge in [0.1, 0.15) is 0 Å². The molecule has 1 aromatic heterocycles. The van der Waals surface area contributed by atoms with Crippen LogP contribution in [0.2, 0.25) is 5.28 Å². The van der Waals surface area contributed by atoms with Crippen LogP contribution in [0.3, 0.4) is 0 Å². The Bertz CT molecular complexity index is 349. The maximum absolute atomic E-state index is 5.83. The zero-order chi connectivity index (χ0) is 12.7. The molecule has 0 aromatic carbocycles. The third-order valence-corrected chi connectivity index (χ3v) is 3.23. The molecular formula is C10H18ClN5S. The van der Waals surface area contributed by atoms with Crippen LogP contribution in [0.25, 0.3) is 0 Å². The van der Waals surface area contributed by atoms with Crippen molar-refractivity contribution < 1.29 is 0 Å². The second-order valence-electron chi connectivity index (χ2n) is 3.61. The summed E-state index contributed by atoms with van der Waals surface area (Å²) in [4.78, 5) is 12.3. The van der Waals surface area contributed by atoms with Gasteiger partial charge in [-0.15, -0.1) is 0 Å². The Morgan fingerprint density at radius 3 is 2.47 bits per heavy atom. The maximum atomic E-state index is 5.83. The highest BCUT2D eigenvalue weighted by atomic mass is 35.5. The first-order valence-electron chi connectivity index (χ1n) is 5.57. The topological polar surface area (TPSA) is 62.7 Å². The molecular weight excluding hydrogens is 258 g/mol. The molecule has 1 unspecified atom stereocenters. The van der Waals surface area contributed by atoms with Gasteiger partial charge < -0.3 is 10.6 Å². The first-order valence-corrected chi connectivity index (χ1v) is 7.24. The number of rotatable bonds is 7. The third kappa shape index (κ3) is 5.41. The molecule has 0 radical (unpaired) electrons. The number of nitrogens with zero attached hydrogens (tertiary/aromatic N) is 3. The molecule has 17 heavy (non-hydrogen) atoms. The van der Waals surface area contributed by atoms with Gasteiger partial charge in [-0.05, 0) is 24.3 Å². The molecule has 1 heterocycles. The van der Waals surface area contributed by atoms with Gasteiger partial charge in [-0.25, -0.2) is 0 Å². The average Bonchev–Trinajstić information content (AvgIpc) is 2.32. The van der Waals surface area contributed by atoms with Crippen molar-refractivity contribution in [2.24, 2.45) is 0 Å². The molecule has 2 N–H and O–H groups in total. The number of halogens is 1. The molecule has 0 amide bonds. The summed E-state index contributed by atoms with van der Waals surface area (Å²) in [5.74, 6) is 1.04. The maximum Gasteiger partial charge on any atom is 0.228 e. The summed E-state index contributed by atoms with van der Waals surface area (Å²) in [6.45, 7) is 5.83. The summed E-state index contributed by atoms with van der Waals surface area (Å²) in [6.07, 6.45) is 3.08. The third-order valence-electron chi connectivity index (χ3n) is 2.09. The highest BCUT2D eigenvalue weighted by Crippen LogP contribution is 2.11. The average molecular weight is 276 g/mol. The minimum atomic E-state index is 0.206. The Hall–Kier alpha value is -0.750. The Morgan fingerprint density at radius 2 is 1.88 bits per heavy atom. The van der Waals surface area contributed by atoms with Crippen molar-refractivity contribution in [1.82, 2.24) is 15.0 Å². The first-order chi connectivity index (χ1) is 8.15. The fourth-order valence-corrected chi connectivity index (χ4v) is 1.47. The lowest BCUT2D eigenvalue weighted by Crippen LogP contribution is -2.16. The van der Waals surface area contributed by atoms with Gasteiger partial charge in [-0.3, -0.25) is 0 Å². The Balaban J connectivity index is 2.61. The zero-order valence-electron chi connectivity index (χ0n) is 10.3. The predicted molar refractivity (Wildman–Crippen MR) is 75.1 cm³/mol. The number of hydrogen-bond donors (Lipinski definition) is 2. The number of aromatic nitrogens is 3. The molecule has 0 aliphatic heterocycles. The Kier molecular flexibility index (Phi) is 6.36. The van der Waals surface area contributed by atoms with E-state index >= 15 is 0 Å². The van der Waals surface area contributed by atoms with Crippen molar-refractivity contribution in [1.29, 1.82) is 0 Å². The number of hydrogen-bond acceptors (Lipinski definition) is 6. The van der Waals surface area contributed by atoms with E-state index in [0.717, 1.165) is 19.5 Å². The monoisotopic (exact) mass is 275 g/mol. The van der Waals surface area contributed by atoms with Crippen molar-refractivity contribution in [3.8, 4) is 0 Å². The van der Waals surface area contributed by atoms with E-state index in [2.05, 4.69) is 45.7 Å². The summed E-state index contributed by atoms with van der Waals surface area (Å²) in [5.41, 5.74) is 0. The van der Waals surface area contributed by atoms with E-state index in [9.17, 15) is 0 Å². The summed E-state index contributed by atoms with van der Waals surface area (Å²) >= 11 is 7.61. The van der Waals surface area contributed by atoms with Gasteiger partial charge >= 0.3 is 0 Å². The lowest BCUT2D eigenvalue weighted by atomic mass is 10.5. The van der Waals surface area contributed by atoms with Crippen LogP contribution in [0.4, 0.5) is 11.9 Å². The predicted octanol–water partition coefficient (Wildman–Crippen LogP) is 2.51. The Morgan fingerprint density at radius 1 is 1.24 bits per heavy atom. The van der Waals surface area contributed by atoms with E-state index in [1.807, 2.05) is 0 Å². The molecule has 1 rings (SSSR count). The minimum Gasteiger partial charge on any atom is -0.354 e. The molecule has 0 bridgehead atoms. The molecule has 5 nitrogen and oxygen atoms in total. The van der Waals surface area contributed by atoms with Crippen molar-refractivity contribution >= 4 is 35.3 Å². The van der Waals surface area contributed by atoms with Crippen LogP contribution < -0.4 is 10.6 Å². The molecule has 0 saturated heterocycles. The summed E-state index contributed by atoms with van der Waals surface area (Å²) < 4.78 is 0. The van der Waals surface area contributed by atoms with Crippen LogP contribution in [-0.4, -0.2) is 39.5 Å². The smallest absolute Gasteiger partial charge is 0.228 e. The Labute approximate surface area is 111 Å². The van der Waals surface area contributed by atoms with E-state index in [-0.39, 0.29) is 5.28 Å². The van der Waals surface area contributed by atoms with E-state index < -0.39 is 0 Å². The van der Waals surface area contributed by atoms with Crippen LogP contribution >= 0.6 is 23.4 Å². The number of thioether (sulfide) groups is 1. The first kappa shape index (κ1) is 14.3. The van der Waals surface area contributed by atoms with Gasteiger partial charge in [-0.2, -0.15) is 26.7 Å². The fourth-order valence-electron chi connectivity index (χ4n) is 1.06. The summed E-state index contributed by atoms with van der Waals surface area (Å²) in [6, 6.07) is 0. The van der Waals surface area contributed by atoms with E-state index in [0.29, 0.717) is 17.1 Å². The van der Waals surface area contributed by atoms with Crippen molar-refractivity contribution in [2.45, 2.75) is 25.5 Å². The summed E-state index contributed by atoms with van der Waals surface area (Å²) in [5, 5.41) is 6.93. The molecule has 1 aromatic rings. The van der Waals surface area contributed by atoms with Gasteiger partial charge in [0.2, 0.25) is 17.2 Å². The molecule has 0 saturated carbocycles.